The van der Waals surface area contributed by atoms with Crippen LogP contribution in [0.3, 0.4) is 0 Å². The van der Waals surface area contributed by atoms with Crippen molar-refractivity contribution in [2.24, 2.45) is 11.5 Å². The van der Waals surface area contributed by atoms with Gasteiger partial charge in [0, 0.05) is 0 Å². The highest BCUT2D eigenvalue weighted by Crippen LogP contribution is 1.89. The third kappa shape index (κ3) is 3.11. The van der Waals surface area contributed by atoms with E-state index in [-0.39, 0.29) is 0 Å². The van der Waals surface area contributed by atoms with Gasteiger partial charge in [0.15, 0.2) is 5.78 Å². The lowest BCUT2D eigenvalue weighted by Crippen LogP contribution is -2.46. The summed E-state index contributed by atoms with van der Waals surface area (Å²) >= 11 is 0. The van der Waals surface area contributed by atoms with Gasteiger partial charge in [-0.1, -0.05) is 0 Å². The topological polar surface area (TPSA) is 115 Å². The number of Topliss-reactive ketones (excluding diaryl/α,β-unsaturated/α-hetero) is 1. The van der Waals surface area contributed by atoms with Crippen molar-refractivity contribution in [1.82, 2.24) is 5.32 Å². The molecule has 2 amide bonds. The van der Waals surface area contributed by atoms with Gasteiger partial charge < -0.3 is 16.8 Å². The van der Waals surface area contributed by atoms with Crippen molar-refractivity contribution >= 4 is 17.6 Å². The van der Waals surface area contributed by atoms with Crippen molar-refractivity contribution in [3.05, 3.63) is 0 Å². The molecule has 0 bridgehead atoms. The summed E-state index contributed by atoms with van der Waals surface area (Å²) in [5.41, 5.74) is 9.60. The standard InChI is InChI=1S/C6H11N3O3/c1-9-5(6(8)12)3(10)2-4(7)11/h5,9H,2H2,1H3,(H2,7,11)(H2,8,12)/t5-/m0/s1. The maximum Gasteiger partial charge on any atom is 0.242 e. The van der Waals surface area contributed by atoms with Crippen LogP contribution in [0.2, 0.25) is 0 Å². The van der Waals surface area contributed by atoms with Crippen molar-refractivity contribution in [3.63, 3.8) is 0 Å². The van der Waals surface area contributed by atoms with E-state index in [4.69, 9.17) is 11.5 Å². The molecule has 6 nitrogen and oxygen atoms in total. The number of nitrogens with two attached hydrogens (primary N) is 2. The van der Waals surface area contributed by atoms with E-state index in [1.165, 1.54) is 7.05 Å². The number of likely N-dealkylation sites (N-methyl/N-ethyl adjacent to an activating group) is 1. The smallest absolute Gasteiger partial charge is 0.242 e. The number of amides is 2. The number of primary amides is 2. The van der Waals surface area contributed by atoms with Crippen molar-refractivity contribution in [2.75, 3.05) is 7.05 Å². The number of carbonyl (C=O) groups is 3. The van der Waals surface area contributed by atoms with Crippen molar-refractivity contribution < 1.29 is 14.4 Å². The maximum absolute atomic E-state index is 11.0. The summed E-state index contributed by atoms with van der Waals surface area (Å²) in [5.74, 6) is -2.21. The lowest BCUT2D eigenvalue weighted by molar-refractivity contribution is -0.131. The van der Waals surface area contributed by atoms with E-state index in [1.54, 1.807) is 0 Å². The van der Waals surface area contributed by atoms with Crippen molar-refractivity contribution in [1.29, 1.82) is 0 Å². The van der Waals surface area contributed by atoms with Crippen LogP contribution in [0.25, 0.3) is 0 Å². The summed E-state index contributed by atoms with van der Waals surface area (Å²) in [5, 5.41) is 2.37. The molecule has 5 N–H and O–H groups in total. The van der Waals surface area contributed by atoms with Crippen LogP contribution in [0, 0.1) is 0 Å². The van der Waals surface area contributed by atoms with Crippen LogP contribution < -0.4 is 16.8 Å². The van der Waals surface area contributed by atoms with Gasteiger partial charge >= 0.3 is 0 Å². The van der Waals surface area contributed by atoms with E-state index < -0.39 is 30.1 Å². The van der Waals surface area contributed by atoms with Crippen LogP contribution in [-0.4, -0.2) is 30.7 Å². The van der Waals surface area contributed by atoms with Crippen LogP contribution in [0.5, 0.6) is 0 Å². The number of hydrogen-bond acceptors (Lipinski definition) is 4. The molecule has 0 aliphatic heterocycles. The Morgan fingerprint density at radius 2 is 1.83 bits per heavy atom. The van der Waals surface area contributed by atoms with Gasteiger partial charge in [-0.3, -0.25) is 14.4 Å². The predicted octanol–water partition coefficient (Wildman–Crippen LogP) is -2.50. The number of nitrogens with one attached hydrogen (secondary N) is 1. The molecule has 0 spiro atoms. The molecule has 0 radical (unpaired) electrons. The van der Waals surface area contributed by atoms with Gasteiger partial charge in [0.1, 0.15) is 6.04 Å². The van der Waals surface area contributed by atoms with Crippen molar-refractivity contribution in [2.45, 2.75) is 12.5 Å². The van der Waals surface area contributed by atoms with E-state index in [1.807, 2.05) is 0 Å². The fraction of sp³-hybridized carbons (Fsp3) is 0.500. The Bertz CT molecular complexity index is 214. The third-order valence-corrected chi connectivity index (χ3v) is 1.24. The number of hydrogen-bond donors (Lipinski definition) is 3. The Labute approximate surface area is 69.3 Å². The third-order valence-electron chi connectivity index (χ3n) is 1.24. The Kier molecular flexibility index (Phi) is 3.92. The first-order valence-electron chi connectivity index (χ1n) is 3.26. The monoisotopic (exact) mass is 173 g/mol. The zero-order chi connectivity index (χ0) is 9.72. The van der Waals surface area contributed by atoms with Crippen LogP contribution in [-0.2, 0) is 14.4 Å². The Balaban J connectivity index is 4.22. The molecule has 0 aliphatic carbocycles. The first-order valence-corrected chi connectivity index (χ1v) is 3.26. The number of carbonyl (C=O) groups excluding carboxylic acids is 3. The lowest BCUT2D eigenvalue weighted by Gasteiger charge is -2.08. The summed E-state index contributed by atoms with van der Waals surface area (Å²) < 4.78 is 0. The normalized spacial score (nSPS) is 12.1. The van der Waals surface area contributed by atoms with Gasteiger partial charge in [-0.25, -0.2) is 0 Å². The first-order chi connectivity index (χ1) is 5.49. The molecule has 1 atom stereocenters. The van der Waals surface area contributed by atoms with Gasteiger partial charge in [0.05, 0.1) is 6.42 Å². The fourth-order valence-electron chi connectivity index (χ4n) is 0.736. The first kappa shape index (κ1) is 10.6. The molecule has 12 heavy (non-hydrogen) atoms. The largest absolute Gasteiger partial charge is 0.369 e. The molecule has 0 heterocycles. The Morgan fingerprint density at radius 3 is 2.08 bits per heavy atom. The molecular weight excluding hydrogens is 162 g/mol. The number of rotatable bonds is 5. The fourth-order valence-corrected chi connectivity index (χ4v) is 0.736. The summed E-state index contributed by atoms with van der Waals surface area (Å²) in [7, 11) is 1.40. The SMILES string of the molecule is CN[C@H](C(N)=O)C(=O)CC(N)=O. The van der Waals surface area contributed by atoms with E-state index >= 15 is 0 Å². The Morgan fingerprint density at radius 1 is 1.33 bits per heavy atom. The predicted molar refractivity (Wildman–Crippen MR) is 40.9 cm³/mol. The van der Waals surface area contributed by atoms with Gasteiger partial charge in [-0.2, -0.15) is 0 Å². The van der Waals surface area contributed by atoms with E-state index in [0.29, 0.717) is 0 Å². The lowest BCUT2D eigenvalue weighted by atomic mass is 10.1. The molecule has 6 heteroatoms. The van der Waals surface area contributed by atoms with Gasteiger partial charge in [-0.15, -0.1) is 0 Å². The van der Waals surface area contributed by atoms with Crippen LogP contribution in [0.15, 0.2) is 0 Å². The summed E-state index contributed by atoms with van der Waals surface area (Å²) in [4.78, 5) is 31.8. The minimum atomic E-state index is -1.13. The molecule has 68 valence electrons. The van der Waals surface area contributed by atoms with Crippen LogP contribution in [0.4, 0.5) is 0 Å². The highest BCUT2D eigenvalue weighted by atomic mass is 16.2. The quantitative estimate of drug-likeness (QED) is 0.398. The number of ketones is 1. The zero-order valence-corrected chi connectivity index (χ0v) is 6.66. The molecule has 0 unspecified atom stereocenters. The van der Waals surface area contributed by atoms with Gasteiger partial charge in [-0.05, 0) is 7.05 Å². The minimum Gasteiger partial charge on any atom is -0.369 e. The average molecular weight is 173 g/mol. The Hall–Kier alpha value is -1.43. The second kappa shape index (κ2) is 4.45. The molecular formula is C6H11N3O3. The minimum absolute atomic E-state index is 0.478. The molecule has 0 aromatic carbocycles. The van der Waals surface area contributed by atoms with E-state index in [0.717, 1.165) is 0 Å². The molecule has 0 saturated heterocycles. The molecule has 0 aliphatic rings. The maximum atomic E-state index is 11.0. The molecule has 0 rings (SSSR count). The van der Waals surface area contributed by atoms with E-state index in [2.05, 4.69) is 5.32 Å². The summed E-state index contributed by atoms with van der Waals surface area (Å²) in [6.07, 6.45) is -0.478. The van der Waals surface area contributed by atoms with Gasteiger partial charge in [0.25, 0.3) is 0 Å². The second-order valence-corrected chi connectivity index (χ2v) is 2.23. The highest BCUT2D eigenvalue weighted by molar-refractivity contribution is 6.10. The molecule has 0 fully saturated rings. The average Bonchev–Trinajstić information content (AvgIpc) is 1.85. The highest BCUT2D eigenvalue weighted by Gasteiger charge is 2.22. The van der Waals surface area contributed by atoms with Crippen LogP contribution in [0.1, 0.15) is 6.42 Å². The summed E-state index contributed by atoms with van der Waals surface area (Å²) in [6, 6.07) is -1.13. The van der Waals surface area contributed by atoms with Gasteiger partial charge in [0.2, 0.25) is 11.8 Å². The molecule has 0 saturated carbocycles. The second-order valence-electron chi connectivity index (χ2n) is 2.23. The molecule has 0 aromatic rings. The van der Waals surface area contributed by atoms with Crippen molar-refractivity contribution in [3.8, 4) is 0 Å². The zero-order valence-electron chi connectivity index (χ0n) is 6.66. The molecule has 0 aromatic heterocycles. The summed E-state index contributed by atoms with van der Waals surface area (Å²) in [6.45, 7) is 0. The van der Waals surface area contributed by atoms with E-state index in [9.17, 15) is 14.4 Å². The van der Waals surface area contributed by atoms with Crippen LogP contribution >= 0.6 is 0 Å².